The molecule has 0 amide bonds. The molecule has 0 aromatic heterocycles. The molecule has 11 heteroatoms. The Bertz CT molecular complexity index is 1740. The van der Waals surface area contributed by atoms with E-state index in [0.717, 1.165) is 25.7 Å². The molecule has 54 heavy (non-hydrogen) atoms. The molecule has 8 aliphatic rings. The Kier molecular flexibility index (Phi) is 9.67. The van der Waals surface area contributed by atoms with Gasteiger partial charge in [-0.25, -0.2) is 4.39 Å². The van der Waals surface area contributed by atoms with Gasteiger partial charge in [0.15, 0.2) is 28.8 Å². The van der Waals surface area contributed by atoms with Gasteiger partial charge in [-0.05, 0) is 124 Å². The van der Waals surface area contributed by atoms with Crippen LogP contribution < -0.4 is 0 Å². The third-order valence-electron chi connectivity index (χ3n) is 17.4. The standard InChI is InChI=1S/C22H29FO5.C21H30O4S/c1-12-8-16-15-5-4-13-9-14(25)6-7-19(13,2)21(15,23)17(26)10-20(16,3)22(12,28)18(27)11-24;1-19-7-5-13(22)9-12(19)3-4-14-15-6-8-21(25,17(24)11-26)20(15,2)10-16(23)18(14)19/h6-7,9,12,15-17,24,26,28H,4-5,8,10-11H2,1-3H3;9,14-16,18,23,25-26H,3-8,10-11H2,1-2H3/t12-,15-,16-,17-,19-,20-,21-,22-;14-,15-,16-,18+,19-,20-,21-/m00/s1. The zero-order valence-electron chi connectivity index (χ0n) is 32.3. The first-order valence-electron chi connectivity index (χ1n) is 20.1. The Hall–Kier alpha value is -2.02. The molecule has 0 spiro atoms. The first-order chi connectivity index (χ1) is 25.1. The van der Waals surface area contributed by atoms with Crippen LogP contribution >= 0.6 is 12.6 Å². The highest BCUT2D eigenvalue weighted by atomic mass is 32.1. The van der Waals surface area contributed by atoms with Crippen LogP contribution in [0.4, 0.5) is 4.39 Å². The number of halogens is 1. The Balaban J connectivity index is 0.000000167. The summed E-state index contributed by atoms with van der Waals surface area (Å²) in [6.45, 7) is 8.70. The van der Waals surface area contributed by atoms with Crippen molar-refractivity contribution in [2.24, 2.45) is 57.2 Å². The van der Waals surface area contributed by atoms with E-state index in [9.17, 15) is 44.7 Å². The van der Waals surface area contributed by atoms with Crippen molar-refractivity contribution in [3.63, 3.8) is 0 Å². The summed E-state index contributed by atoms with van der Waals surface area (Å²) in [5.41, 5.74) is -6.05. The van der Waals surface area contributed by atoms with E-state index in [1.807, 2.05) is 13.0 Å². The second kappa shape index (κ2) is 13.0. The average Bonchev–Trinajstić information content (AvgIpc) is 3.51. The number of alkyl halides is 1. The van der Waals surface area contributed by atoms with Gasteiger partial charge in [-0.3, -0.25) is 19.2 Å². The van der Waals surface area contributed by atoms with E-state index < -0.39 is 69.5 Å². The van der Waals surface area contributed by atoms with Crippen LogP contribution in [0, 0.1) is 57.2 Å². The van der Waals surface area contributed by atoms with Gasteiger partial charge in [0.05, 0.1) is 18.0 Å². The predicted octanol–water partition coefficient (Wildman–Crippen LogP) is 4.61. The number of carbonyl (C=O) groups is 4. The SMILES string of the molecule is C[C@H]1C[C@H]2[C@@H]3CCC4=CC(=O)C=C[C@]4(C)[C@@]3(F)[C@@H](O)C[C@]2(C)[C@@]1(O)C(=O)CO.C[C@]12CCC(=O)C=C1CC[C@@H]1[C@@H]2[C@@H](O)C[C@@]2(C)[C@H]1CC[C@]2(O)C(=O)CS. The number of rotatable bonds is 4. The summed E-state index contributed by atoms with van der Waals surface area (Å²) in [5.74, 6) is -1.44. The van der Waals surface area contributed by atoms with Crippen LogP contribution in [0.15, 0.2) is 35.5 Å². The van der Waals surface area contributed by atoms with Crippen molar-refractivity contribution in [1.29, 1.82) is 0 Å². The molecule has 0 aliphatic heterocycles. The summed E-state index contributed by atoms with van der Waals surface area (Å²) in [5, 5.41) is 54.5. The fourth-order valence-corrected chi connectivity index (χ4v) is 14.8. The largest absolute Gasteiger partial charge is 0.393 e. The maximum absolute atomic E-state index is 16.9. The van der Waals surface area contributed by atoms with Crippen LogP contribution in [0.5, 0.6) is 0 Å². The zero-order chi connectivity index (χ0) is 39.6. The third-order valence-corrected chi connectivity index (χ3v) is 17.7. The lowest BCUT2D eigenvalue weighted by molar-refractivity contribution is -0.219. The van der Waals surface area contributed by atoms with Crippen molar-refractivity contribution < 1.29 is 49.1 Å². The molecule has 0 saturated heterocycles. The molecule has 6 saturated carbocycles. The minimum atomic E-state index is -1.98. The normalized spacial score (nSPS) is 51.6. The molecule has 0 bridgehead atoms. The number of carbonyl (C=O) groups excluding carboxylic acids is 4. The minimum absolute atomic E-state index is 0.0374. The van der Waals surface area contributed by atoms with E-state index in [-0.39, 0.29) is 52.7 Å². The molecule has 0 aromatic carbocycles. The number of ketones is 4. The van der Waals surface area contributed by atoms with E-state index in [0.29, 0.717) is 50.0 Å². The molecule has 8 aliphatic carbocycles. The van der Waals surface area contributed by atoms with Gasteiger partial charge in [0.2, 0.25) is 0 Å². The minimum Gasteiger partial charge on any atom is -0.393 e. The number of allylic oxidation sites excluding steroid dienone is 5. The van der Waals surface area contributed by atoms with E-state index in [1.165, 1.54) is 17.7 Å². The lowest BCUT2D eigenvalue weighted by atomic mass is 9.44. The van der Waals surface area contributed by atoms with Crippen molar-refractivity contribution in [1.82, 2.24) is 0 Å². The molecule has 5 N–H and O–H groups in total. The molecule has 8 rings (SSSR count). The predicted molar refractivity (Wildman–Crippen MR) is 202 cm³/mol. The molecule has 298 valence electrons. The molecule has 15 atom stereocenters. The van der Waals surface area contributed by atoms with Crippen molar-refractivity contribution in [3.05, 3.63) is 35.5 Å². The average molecular weight is 771 g/mol. The number of Topliss-reactive ketones (excluding diaryl/α,β-unsaturated/α-hetero) is 2. The maximum atomic E-state index is 16.9. The van der Waals surface area contributed by atoms with E-state index in [4.69, 9.17) is 0 Å². The summed E-state index contributed by atoms with van der Waals surface area (Å²) in [7, 11) is 0. The van der Waals surface area contributed by atoms with E-state index in [2.05, 4.69) is 19.6 Å². The second-order valence-corrected chi connectivity index (χ2v) is 19.6. The molecule has 9 nitrogen and oxygen atoms in total. The van der Waals surface area contributed by atoms with Crippen LogP contribution in [0.2, 0.25) is 0 Å². The van der Waals surface area contributed by atoms with Crippen molar-refractivity contribution in [2.45, 2.75) is 134 Å². The lowest BCUT2D eigenvalue weighted by Gasteiger charge is -2.62. The molecular weight excluding hydrogens is 712 g/mol. The first-order valence-corrected chi connectivity index (χ1v) is 20.7. The van der Waals surface area contributed by atoms with Gasteiger partial charge in [-0.1, -0.05) is 44.9 Å². The molecule has 0 aromatic rings. The fourth-order valence-electron chi connectivity index (χ4n) is 14.5. The van der Waals surface area contributed by atoms with Gasteiger partial charge in [0.25, 0.3) is 0 Å². The summed E-state index contributed by atoms with van der Waals surface area (Å²) in [6, 6.07) is 0. The van der Waals surface area contributed by atoms with Gasteiger partial charge in [-0.15, -0.1) is 0 Å². The van der Waals surface area contributed by atoms with Gasteiger partial charge in [0, 0.05) is 28.6 Å². The molecular formula is C43H59FO9S. The third kappa shape index (κ3) is 4.99. The molecule has 0 heterocycles. The first kappa shape index (κ1) is 40.2. The summed E-state index contributed by atoms with van der Waals surface area (Å²) < 4.78 is 16.9. The fraction of sp³-hybridized carbons (Fsp3) is 0.767. The van der Waals surface area contributed by atoms with E-state index >= 15 is 4.39 Å². The Morgan fingerprint density at radius 1 is 0.870 bits per heavy atom. The highest BCUT2D eigenvalue weighted by molar-refractivity contribution is 7.81. The summed E-state index contributed by atoms with van der Waals surface area (Å²) >= 11 is 4.13. The highest BCUT2D eigenvalue weighted by Gasteiger charge is 2.75. The van der Waals surface area contributed by atoms with Crippen molar-refractivity contribution in [2.75, 3.05) is 12.4 Å². The van der Waals surface area contributed by atoms with Crippen molar-refractivity contribution in [3.8, 4) is 0 Å². The lowest BCUT2D eigenvalue weighted by Crippen LogP contribution is -2.69. The van der Waals surface area contributed by atoms with E-state index in [1.54, 1.807) is 26.8 Å². The van der Waals surface area contributed by atoms with Gasteiger partial charge >= 0.3 is 0 Å². The maximum Gasteiger partial charge on any atom is 0.190 e. The monoisotopic (exact) mass is 770 g/mol. The van der Waals surface area contributed by atoms with Crippen LogP contribution in [-0.4, -0.2) is 90.1 Å². The Labute approximate surface area is 323 Å². The Morgan fingerprint density at radius 3 is 2.22 bits per heavy atom. The van der Waals surface area contributed by atoms with Crippen LogP contribution in [0.25, 0.3) is 0 Å². The zero-order valence-corrected chi connectivity index (χ0v) is 33.2. The molecule has 6 fully saturated rings. The summed E-state index contributed by atoms with van der Waals surface area (Å²) in [6.07, 6.45) is 10.6. The molecule has 0 unspecified atom stereocenters. The number of aliphatic hydroxyl groups is 5. The van der Waals surface area contributed by atoms with Gasteiger partial charge < -0.3 is 25.5 Å². The highest BCUT2D eigenvalue weighted by Crippen LogP contribution is 2.71. The van der Waals surface area contributed by atoms with Crippen molar-refractivity contribution >= 4 is 35.8 Å². The Morgan fingerprint density at radius 2 is 1.56 bits per heavy atom. The number of aliphatic hydroxyl groups excluding tert-OH is 3. The number of fused-ring (bicyclic) bond motifs is 10. The van der Waals surface area contributed by atoms with Gasteiger partial charge in [0.1, 0.15) is 17.8 Å². The molecule has 0 radical (unpaired) electrons. The smallest absolute Gasteiger partial charge is 0.190 e. The van der Waals surface area contributed by atoms with Crippen LogP contribution in [0.3, 0.4) is 0 Å². The second-order valence-electron chi connectivity index (χ2n) is 19.3. The van der Waals surface area contributed by atoms with Gasteiger partial charge in [-0.2, -0.15) is 12.6 Å². The number of hydrogen-bond acceptors (Lipinski definition) is 10. The summed E-state index contributed by atoms with van der Waals surface area (Å²) in [4.78, 5) is 48.8. The number of hydrogen-bond donors (Lipinski definition) is 6. The number of thiol groups is 1. The van der Waals surface area contributed by atoms with Crippen LogP contribution in [0.1, 0.15) is 105 Å². The quantitative estimate of drug-likeness (QED) is 0.224. The van der Waals surface area contributed by atoms with Crippen LogP contribution in [-0.2, 0) is 19.2 Å². The topological polar surface area (TPSA) is 169 Å².